The topological polar surface area (TPSA) is 120 Å². The van der Waals surface area contributed by atoms with Crippen molar-refractivity contribution < 1.29 is 19.4 Å². The molecule has 116 valence electrons. The fraction of sp³-hybridized carbons (Fsp3) is 0.692. The number of ether oxygens (including phenoxy) is 1. The average Bonchev–Trinajstić information content (AvgIpc) is 2.78. The van der Waals surface area contributed by atoms with Gasteiger partial charge in [0.1, 0.15) is 17.2 Å². The van der Waals surface area contributed by atoms with Gasteiger partial charge >= 0.3 is 5.97 Å². The number of amides is 1. The van der Waals surface area contributed by atoms with E-state index in [1.165, 1.54) is 4.68 Å². The van der Waals surface area contributed by atoms with E-state index >= 15 is 0 Å². The summed E-state index contributed by atoms with van der Waals surface area (Å²) in [4.78, 5) is 23.8. The Bertz CT molecular complexity index is 561. The number of carbonyl (C=O) groups excluding carboxylic acids is 2. The minimum absolute atomic E-state index is 0.241. The second kappa shape index (κ2) is 5.44. The standard InChI is InChI=1S/C13H20N4O4/c1-13(2,3)21-12(20)8-4-7(11(14)19)5-17-10(8)9(6-18)15-16-17/h7-8,18H,4-6H2,1-3H3,(H2,14,19). The van der Waals surface area contributed by atoms with E-state index in [9.17, 15) is 14.7 Å². The lowest BCUT2D eigenvalue weighted by Gasteiger charge is -2.30. The van der Waals surface area contributed by atoms with Crippen molar-refractivity contribution in [2.24, 2.45) is 11.7 Å². The van der Waals surface area contributed by atoms with Crippen molar-refractivity contribution in [3.05, 3.63) is 11.4 Å². The maximum absolute atomic E-state index is 12.4. The first-order valence-corrected chi connectivity index (χ1v) is 6.78. The molecule has 2 heterocycles. The largest absolute Gasteiger partial charge is 0.459 e. The molecule has 1 aromatic heterocycles. The van der Waals surface area contributed by atoms with Crippen molar-refractivity contribution in [2.75, 3.05) is 0 Å². The highest BCUT2D eigenvalue weighted by molar-refractivity contribution is 5.82. The number of fused-ring (bicyclic) bond motifs is 1. The third-order valence-electron chi connectivity index (χ3n) is 3.33. The molecule has 3 N–H and O–H groups in total. The van der Waals surface area contributed by atoms with E-state index in [0.29, 0.717) is 11.4 Å². The van der Waals surface area contributed by atoms with Gasteiger partial charge in [-0.3, -0.25) is 9.59 Å². The first kappa shape index (κ1) is 15.4. The zero-order chi connectivity index (χ0) is 15.8. The summed E-state index contributed by atoms with van der Waals surface area (Å²) in [5, 5.41) is 17.1. The molecule has 0 aromatic carbocycles. The van der Waals surface area contributed by atoms with Gasteiger partial charge in [0, 0.05) is 0 Å². The number of aliphatic hydroxyl groups excluding tert-OH is 1. The molecule has 1 aliphatic rings. The maximum Gasteiger partial charge on any atom is 0.315 e. The summed E-state index contributed by atoms with van der Waals surface area (Å²) >= 11 is 0. The van der Waals surface area contributed by atoms with Crippen LogP contribution in [0.1, 0.15) is 44.5 Å². The van der Waals surface area contributed by atoms with Crippen LogP contribution in [0, 0.1) is 5.92 Å². The minimum atomic E-state index is -0.701. The molecular formula is C13H20N4O4. The van der Waals surface area contributed by atoms with Crippen molar-refractivity contribution in [1.82, 2.24) is 15.0 Å². The third kappa shape index (κ3) is 3.21. The van der Waals surface area contributed by atoms with Crippen LogP contribution in [-0.2, 0) is 27.5 Å². The van der Waals surface area contributed by atoms with Crippen LogP contribution in [0.5, 0.6) is 0 Å². The Morgan fingerprint density at radius 1 is 1.48 bits per heavy atom. The number of aliphatic hydroxyl groups is 1. The summed E-state index contributed by atoms with van der Waals surface area (Å²) in [6.07, 6.45) is 0.241. The van der Waals surface area contributed by atoms with E-state index in [1.54, 1.807) is 20.8 Å². The molecule has 2 unspecified atom stereocenters. The van der Waals surface area contributed by atoms with Crippen molar-refractivity contribution >= 4 is 11.9 Å². The Kier molecular flexibility index (Phi) is 3.99. The van der Waals surface area contributed by atoms with E-state index in [-0.39, 0.29) is 19.6 Å². The number of nitrogens with zero attached hydrogens (tertiary/aromatic N) is 3. The van der Waals surface area contributed by atoms with Crippen LogP contribution in [0.4, 0.5) is 0 Å². The van der Waals surface area contributed by atoms with Crippen molar-refractivity contribution in [3.63, 3.8) is 0 Å². The average molecular weight is 296 g/mol. The lowest BCUT2D eigenvalue weighted by molar-refractivity contribution is -0.158. The molecule has 0 saturated heterocycles. The third-order valence-corrected chi connectivity index (χ3v) is 3.33. The van der Waals surface area contributed by atoms with E-state index in [4.69, 9.17) is 10.5 Å². The zero-order valence-corrected chi connectivity index (χ0v) is 12.4. The van der Waals surface area contributed by atoms with Gasteiger partial charge in [-0.2, -0.15) is 0 Å². The number of hydrogen-bond donors (Lipinski definition) is 2. The highest BCUT2D eigenvalue weighted by Gasteiger charge is 2.39. The summed E-state index contributed by atoms with van der Waals surface area (Å²) in [6, 6.07) is 0. The Morgan fingerprint density at radius 3 is 2.67 bits per heavy atom. The number of rotatable bonds is 3. The summed E-state index contributed by atoms with van der Waals surface area (Å²) in [7, 11) is 0. The molecule has 1 aromatic rings. The highest BCUT2D eigenvalue weighted by Crippen LogP contribution is 2.34. The fourth-order valence-corrected chi connectivity index (χ4v) is 2.45. The van der Waals surface area contributed by atoms with Crippen LogP contribution in [0.25, 0.3) is 0 Å². The van der Waals surface area contributed by atoms with Crippen LogP contribution in [-0.4, -0.2) is 37.6 Å². The summed E-state index contributed by atoms with van der Waals surface area (Å²) < 4.78 is 6.85. The zero-order valence-electron chi connectivity index (χ0n) is 12.4. The Hall–Kier alpha value is -1.96. The summed E-state index contributed by atoms with van der Waals surface area (Å²) in [5.41, 5.74) is 5.54. The Morgan fingerprint density at radius 2 is 2.14 bits per heavy atom. The second-order valence-electron chi connectivity index (χ2n) is 6.18. The summed E-state index contributed by atoms with van der Waals surface area (Å²) in [5.74, 6) is -2.17. The Balaban J connectivity index is 2.36. The smallest absolute Gasteiger partial charge is 0.315 e. The van der Waals surface area contributed by atoms with Crippen molar-refractivity contribution in [3.8, 4) is 0 Å². The van der Waals surface area contributed by atoms with Gasteiger partial charge in [0.15, 0.2) is 0 Å². The molecule has 0 bridgehead atoms. The van der Waals surface area contributed by atoms with E-state index in [2.05, 4.69) is 10.3 Å². The van der Waals surface area contributed by atoms with Gasteiger partial charge < -0.3 is 15.6 Å². The molecule has 8 heteroatoms. The first-order chi connectivity index (χ1) is 9.73. The number of carbonyl (C=O) groups is 2. The van der Waals surface area contributed by atoms with Crippen LogP contribution in [0.3, 0.4) is 0 Å². The quantitative estimate of drug-likeness (QED) is 0.739. The lowest BCUT2D eigenvalue weighted by atomic mass is 9.87. The molecule has 2 rings (SSSR count). The molecular weight excluding hydrogens is 276 g/mol. The molecule has 0 spiro atoms. The highest BCUT2D eigenvalue weighted by atomic mass is 16.6. The summed E-state index contributed by atoms with van der Waals surface area (Å²) in [6.45, 7) is 5.23. The number of hydrogen-bond acceptors (Lipinski definition) is 6. The molecule has 2 atom stereocenters. The molecule has 1 amide bonds. The van der Waals surface area contributed by atoms with Gasteiger partial charge in [-0.05, 0) is 27.2 Å². The minimum Gasteiger partial charge on any atom is -0.459 e. The number of esters is 1. The van der Waals surface area contributed by atoms with Crippen molar-refractivity contribution in [2.45, 2.75) is 51.9 Å². The predicted octanol–water partition coefficient (Wildman–Crippen LogP) is -0.299. The molecule has 0 aliphatic carbocycles. The SMILES string of the molecule is CC(C)(C)OC(=O)C1CC(C(N)=O)Cn2nnc(CO)c21. The van der Waals surface area contributed by atoms with Crippen LogP contribution < -0.4 is 5.73 Å². The normalized spacial score (nSPS) is 21.7. The second-order valence-corrected chi connectivity index (χ2v) is 6.18. The number of primary amides is 1. The molecule has 1 aliphatic heterocycles. The Labute approximate surface area is 122 Å². The van der Waals surface area contributed by atoms with Gasteiger partial charge in [-0.1, -0.05) is 5.21 Å². The van der Waals surface area contributed by atoms with E-state index in [1.807, 2.05) is 0 Å². The van der Waals surface area contributed by atoms with E-state index < -0.39 is 29.3 Å². The van der Waals surface area contributed by atoms with Crippen LogP contribution in [0.15, 0.2) is 0 Å². The maximum atomic E-state index is 12.4. The van der Waals surface area contributed by atoms with E-state index in [0.717, 1.165) is 0 Å². The predicted molar refractivity (Wildman–Crippen MR) is 71.8 cm³/mol. The first-order valence-electron chi connectivity index (χ1n) is 6.78. The molecule has 0 radical (unpaired) electrons. The van der Waals surface area contributed by atoms with Gasteiger partial charge in [0.2, 0.25) is 5.91 Å². The van der Waals surface area contributed by atoms with Gasteiger partial charge in [0.05, 0.1) is 24.8 Å². The molecule has 0 fully saturated rings. The van der Waals surface area contributed by atoms with Gasteiger partial charge in [0.25, 0.3) is 0 Å². The monoisotopic (exact) mass is 296 g/mol. The fourth-order valence-electron chi connectivity index (χ4n) is 2.45. The van der Waals surface area contributed by atoms with Gasteiger partial charge in [-0.25, -0.2) is 4.68 Å². The van der Waals surface area contributed by atoms with Crippen LogP contribution in [0.2, 0.25) is 0 Å². The number of nitrogens with two attached hydrogens (primary N) is 1. The molecule has 0 saturated carbocycles. The van der Waals surface area contributed by atoms with Crippen molar-refractivity contribution in [1.29, 1.82) is 0 Å². The lowest BCUT2D eigenvalue weighted by Crippen LogP contribution is -2.38. The molecule has 21 heavy (non-hydrogen) atoms. The number of aromatic nitrogens is 3. The molecule has 8 nitrogen and oxygen atoms in total. The van der Waals surface area contributed by atoms with Gasteiger partial charge in [-0.15, -0.1) is 5.10 Å². The van der Waals surface area contributed by atoms with Crippen LogP contribution >= 0.6 is 0 Å².